The van der Waals surface area contributed by atoms with Crippen molar-refractivity contribution in [1.82, 2.24) is 5.32 Å². The third-order valence-electron chi connectivity index (χ3n) is 2.49. The van der Waals surface area contributed by atoms with Crippen molar-refractivity contribution in [3.8, 4) is 0 Å². The second kappa shape index (κ2) is 3.21. The van der Waals surface area contributed by atoms with Crippen molar-refractivity contribution in [2.75, 3.05) is 7.05 Å². The molecule has 0 aliphatic heterocycles. The van der Waals surface area contributed by atoms with Crippen LogP contribution in [0.15, 0.2) is 0 Å². The fourth-order valence-corrected chi connectivity index (χ4v) is 1.65. The van der Waals surface area contributed by atoms with E-state index in [0.717, 1.165) is 5.92 Å². The minimum atomic E-state index is 0.618. The van der Waals surface area contributed by atoms with Gasteiger partial charge in [0.15, 0.2) is 0 Å². The van der Waals surface area contributed by atoms with E-state index in [1.165, 1.54) is 25.7 Å². The van der Waals surface area contributed by atoms with Crippen LogP contribution in [0.3, 0.4) is 0 Å². The molecule has 0 aromatic rings. The molecule has 1 heteroatoms. The smallest absolute Gasteiger partial charge is 0.0242 e. The molecule has 1 nitrogen and oxygen atoms in total. The van der Waals surface area contributed by atoms with Gasteiger partial charge in [0.1, 0.15) is 0 Å². The Morgan fingerprint density at radius 3 is 2.33 bits per heavy atom. The Labute approximate surface area is 57.8 Å². The summed E-state index contributed by atoms with van der Waals surface area (Å²) in [6.45, 7) is 2.23. The Morgan fingerprint density at radius 1 is 1.33 bits per heavy atom. The fraction of sp³-hybridized carbons (Fsp3) is 1.00. The van der Waals surface area contributed by atoms with Crippen LogP contribution in [-0.4, -0.2) is 13.1 Å². The van der Waals surface area contributed by atoms with Gasteiger partial charge in [0.05, 0.1) is 0 Å². The van der Waals surface area contributed by atoms with E-state index in [9.17, 15) is 0 Å². The van der Waals surface area contributed by atoms with Gasteiger partial charge in [0.2, 0.25) is 0 Å². The number of rotatable bonds is 2. The average Bonchev–Trinajstić information content (AvgIpc) is 2.37. The van der Waals surface area contributed by atoms with Crippen molar-refractivity contribution in [2.24, 2.45) is 5.92 Å². The molecular weight excluding hydrogens is 110 g/mol. The summed E-state index contributed by atoms with van der Waals surface area (Å²) in [5.74, 6) is 0.912. The van der Waals surface area contributed by atoms with Gasteiger partial charge in [-0.2, -0.15) is 0 Å². The second-order valence-corrected chi connectivity index (χ2v) is 3.04. The fourth-order valence-electron chi connectivity index (χ4n) is 1.65. The van der Waals surface area contributed by atoms with Crippen molar-refractivity contribution in [3.63, 3.8) is 0 Å². The molecule has 0 N–H and O–H groups in total. The zero-order valence-corrected chi connectivity index (χ0v) is 6.43. The van der Waals surface area contributed by atoms with E-state index < -0.39 is 0 Å². The lowest BCUT2D eigenvalue weighted by Crippen LogP contribution is -2.22. The molecule has 0 aromatic carbocycles. The van der Waals surface area contributed by atoms with Gasteiger partial charge in [-0.25, -0.2) is 5.32 Å². The van der Waals surface area contributed by atoms with Crippen LogP contribution in [0, 0.1) is 5.92 Å². The van der Waals surface area contributed by atoms with E-state index in [2.05, 4.69) is 12.2 Å². The highest BCUT2D eigenvalue weighted by Gasteiger charge is 2.20. The second-order valence-electron chi connectivity index (χ2n) is 3.04. The molecule has 1 fully saturated rings. The predicted octanol–water partition coefficient (Wildman–Crippen LogP) is 1.80. The van der Waals surface area contributed by atoms with E-state index in [0.29, 0.717) is 6.04 Å². The Kier molecular flexibility index (Phi) is 2.52. The molecule has 1 radical (unpaired) electrons. The van der Waals surface area contributed by atoms with E-state index >= 15 is 0 Å². The minimum Gasteiger partial charge on any atom is -0.242 e. The lowest BCUT2D eigenvalue weighted by atomic mass is 10.0. The van der Waals surface area contributed by atoms with Gasteiger partial charge in [0.25, 0.3) is 0 Å². The zero-order valence-electron chi connectivity index (χ0n) is 6.43. The number of nitrogens with zero attached hydrogens (tertiary/aromatic N) is 1. The maximum absolute atomic E-state index is 4.27. The largest absolute Gasteiger partial charge is 0.242 e. The summed E-state index contributed by atoms with van der Waals surface area (Å²) in [7, 11) is 1.93. The van der Waals surface area contributed by atoms with Crippen molar-refractivity contribution in [1.29, 1.82) is 0 Å². The molecule has 0 heterocycles. The molecule has 1 aliphatic carbocycles. The van der Waals surface area contributed by atoms with Crippen LogP contribution in [0.4, 0.5) is 0 Å². The molecule has 0 amide bonds. The topological polar surface area (TPSA) is 14.1 Å². The molecule has 53 valence electrons. The first-order valence-electron chi connectivity index (χ1n) is 3.93. The summed E-state index contributed by atoms with van der Waals surface area (Å²) in [4.78, 5) is 0. The minimum absolute atomic E-state index is 0.618. The summed E-state index contributed by atoms with van der Waals surface area (Å²) < 4.78 is 0. The van der Waals surface area contributed by atoms with Crippen molar-refractivity contribution >= 4 is 0 Å². The lowest BCUT2D eigenvalue weighted by Gasteiger charge is -2.15. The van der Waals surface area contributed by atoms with Crippen LogP contribution in [0.2, 0.25) is 0 Å². The van der Waals surface area contributed by atoms with Gasteiger partial charge in [-0.3, -0.25) is 0 Å². The maximum Gasteiger partial charge on any atom is 0.0242 e. The molecule has 0 aromatic heterocycles. The van der Waals surface area contributed by atoms with E-state index in [-0.39, 0.29) is 0 Å². The normalized spacial score (nSPS) is 24.7. The lowest BCUT2D eigenvalue weighted by molar-refractivity contribution is 0.399. The first kappa shape index (κ1) is 7.07. The van der Waals surface area contributed by atoms with E-state index in [4.69, 9.17) is 0 Å². The van der Waals surface area contributed by atoms with Gasteiger partial charge < -0.3 is 0 Å². The highest BCUT2D eigenvalue weighted by Crippen LogP contribution is 2.27. The third-order valence-corrected chi connectivity index (χ3v) is 2.49. The summed E-state index contributed by atoms with van der Waals surface area (Å²) in [5, 5.41) is 4.27. The maximum atomic E-state index is 4.27. The molecule has 1 unspecified atom stereocenters. The SMILES string of the molecule is C[N]C(C)C1CCCC1. The monoisotopic (exact) mass is 126 g/mol. The quantitative estimate of drug-likeness (QED) is 0.535. The summed E-state index contributed by atoms with van der Waals surface area (Å²) in [5.41, 5.74) is 0. The summed E-state index contributed by atoms with van der Waals surface area (Å²) >= 11 is 0. The molecule has 0 spiro atoms. The van der Waals surface area contributed by atoms with Gasteiger partial charge >= 0.3 is 0 Å². The van der Waals surface area contributed by atoms with E-state index in [1.54, 1.807) is 0 Å². The first-order valence-corrected chi connectivity index (χ1v) is 3.93. The highest BCUT2D eigenvalue weighted by atomic mass is 14.9. The average molecular weight is 126 g/mol. The van der Waals surface area contributed by atoms with Crippen LogP contribution in [0.1, 0.15) is 32.6 Å². The Bertz CT molecular complexity index is 74.6. The molecule has 1 aliphatic rings. The number of hydrogen-bond donors (Lipinski definition) is 0. The van der Waals surface area contributed by atoms with Gasteiger partial charge in [0, 0.05) is 13.1 Å². The molecule has 1 atom stereocenters. The Hall–Kier alpha value is -0.0400. The Morgan fingerprint density at radius 2 is 1.89 bits per heavy atom. The summed E-state index contributed by atoms with van der Waals surface area (Å²) in [6, 6.07) is 0.618. The van der Waals surface area contributed by atoms with Crippen molar-refractivity contribution in [3.05, 3.63) is 0 Å². The zero-order chi connectivity index (χ0) is 6.69. The Balaban J connectivity index is 2.24. The molecule has 0 saturated heterocycles. The molecular formula is C8H16N. The van der Waals surface area contributed by atoms with Crippen LogP contribution in [0.5, 0.6) is 0 Å². The van der Waals surface area contributed by atoms with Crippen LogP contribution in [0.25, 0.3) is 0 Å². The van der Waals surface area contributed by atoms with Gasteiger partial charge in [-0.15, -0.1) is 0 Å². The highest BCUT2D eigenvalue weighted by molar-refractivity contribution is 4.75. The predicted molar refractivity (Wildman–Crippen MR) is 39.5 cm³/mol. The van der Waals surface area contributed by atoms with Crippen LogP contribution in [-0.2, 0) is 0 Å². The van der Waals surface area contributed by atoms with E-state index in [1.807, 2.05) is 7.05 Å². The van der Waals surface area contributed by atoms with Crippen molar-refractivity contribution in [2.45, 2.75) is 38.6 Å². The van der Waals surface area contributed by atoms with Gasteiger partial charge in [-0.1, -0.05) is 12.8 Å². The molecule has 0 bridgehead atoms. The molecule has 1 saturated carbocycles. The van der Waals surface area contributed by atoms with Gasteiger partial charge in [-0.05, 0) is 25.7 Å². The molecule has 9 heavy (non-hydrogen) atoms. The number of hydrogen-bond acceptors (Lipinski definition) is 0. The van der Waals surface area contributed by atoms with Crippen molar-refractivity contribution < 1.29 is 0 Å². The molecule has 1 rings (SSSR count). The standard InChI is InChI=1S/C8H16N/c1-7(9-2)8-5-3-4-6-8/h7-8H,3-6H2,1-2H3. The third kappa shape index (κ3) is 1.68. The van der Waals surface area contributed by atoms with Crippen LogP contribution < -0.4 is 5.32 Å². The van der Waals surface area contributed by atoms with Crippen LogP contribution >= 0.6 is 0 Å². The summed E-state index contributed by atoms with van der Waals surface area (Å²) in [6.07, 6.45) is 5.70. The first-order chi connectivity index (χ1) is 4.34.